The Kier molecular flexibility index (Phi) is 4.42. The fourth-order valence-corrected chi connectivity index (χ4v) is 2.08. The Bertz CT molecular complexity index is 635. The van der Waals surface area contributed by atoms with Crippen LogP contribution in [0.4, 0.5) is 17.2 Å². The zero-order valence-electron chi connectivity index (χ0n) is 10.9. The van der Waals surface area contributed by atoms with Crippen molar-refractivity contribution < 1.29 is 9.47 Å². The molecule has 0 aliphatic rings. The monoisotopic (exact) mass is 313 g/mol. The van der Waals surface area contributed by atoms with E-state index < -0.39 is 0 Å². The van der Waals surface area contributed by atoms with Crippen LogP contribution in [0.15, 0.2) is 24.4 Å². The minimum Gasteiger partial charge on any atom is -0.495 e. The van der Waals surface area contributed by atoms with Crippen molar-refractivity contribution in [3.8, 4) is 11.5 Å². The fraction of sp³-hybridized carbons (Fsp3) is 0.154. The number of nitrogen functional groups attached to an aromatic ring is 1. The van der Waals surface area contributed by atoms with Crippen molar-refractivity contribution in [3.05, 3.63) is 34.4 Å². The molecule has 2 rings (SSSR count). The molecule has 7 heteroatoms. The molecule has 0 unspecified atom stereocenters. The zero-order chi connectivity index (χ0) is 14.7. The highest BCUT2D eigenvalue weighted by atomic mass is 35.5. The number of benzene rings is 1. The lowest BCUT2D eigenvalue weighted by Gasteiger charge is -2.14. The van der Waals surface area contributed by atoms with Gasteiger partial charge < -0.3 is 20.5 Å². The van der Waals surface area contributed by atoms with Gasteiger partial charge in [0.15, 0.2) is 0 Å². The zero-order valence-corrected chi connectivity index (χ0v) is 12.4. The molecule has 0 aliphatic heterocycles. The number of nitrogens with two attached hydrogens (primary N) is 1. The molecule has 2 aromatic rings. The van der Waals surface area contributed by atoms with E-state index in [-0.39, 0.29) is 0 Å². The van der Waals surface area contributed by atoms with Crippen molar-refractivity contribution in [1.82, 2.24) is 4.98 Å². The molecule has 1 aromatic heterocycles. The molecule has 0 amide bonds. The predicted octanol–water partition coefficient (Wildman–Crippen LogP) is 3.73. The van der Waals surface area contributed by atoms with E-state index in [9.17, 15) is 0 Å². The van der Waals surface area contributed by atoms with Crippen molar-refractivity contribution >= 4 is 40.4 Å². The third kappa shape index (κ3) is 3.00. The summed E-state index contributed by atoms with van der Waals surface area (Å²) in [5, 5.41) is 3.91. The first-order valence-electron chi connectivity index (χ1n) is 5.64. The first-order valence-corrected chi connectivity index (χ1v) is 6.40. The van der Waals surface area contributed by atoms with Crippen LogP contribution >= 0.6 is 23.2 Å². The number of hydrogen-bond acceptors (Lipinski definition) is 5. The van der Waals surface area contributed by atoms with Crippen molar-refractivity contribution in [1.29, 1.82) is 0 Å². The average molecular weight is 314 g/mol. The minimum atomic E-state index is 0.404. The summed E-state index contributed by atoms with van der Waals surface area (Å²) < 4.78 is 10.4. The van der Waals surface area contributed by atoms with Gasteiger partial charge in [0.1, 0.15) is 17.3 Å². The smallest absolute Gasteiger partial charge is 0.149 e. The lowest BCUT2D eigenvalue weighted by atomic mass is 10.2. The highest BCUT2D eigenvalue weighted by molar-refractivity contribution is 6.33. The van der Waals surface area contributed by atoms with E-state index in [4.69, 9.17) is 38.4 Å². The minimum absolute atomic E-state index is 0.404. The summed E-state index contributed by atoms with van der Waals surface area (Å²) in [6, 6.07) is 4.96. The summed E-state index contributed by atoms with van der Waals surface area (Å²) in [4.78, 5) is 4.13. The van der Waals surface area contributed by atoms with E-state index in [1.165, 1.54) is 13.3 Å². The molecule has 0 spiro atoms. The molecule has 3 N–H and O–H groups in total. The van der Waals surface area contributed by atoms with E-state index in [2.05, 4.69) is 10.3 Å². The summed E-state index contributed by atoms with van der Waals surface area (Å²) in [6.45, 7) is 0. The number of aromatic nitrogens is 1. The van der Waals surface area contributed by atoms with Gasteiger partial charge in [-0.15, -0.1) is 0 Å². The van der Waals surface area contributed by atoms with Crippen LogP contribution in [0.5, 0.6) is 11.5 Å². The van der Waals surface area contributed by atoms with Crippen molar-refractivity contribution in [2.24, 2.45) is 0 Å². The quantitative estimate of drug-likeness (QED) is 0.900. The second kappa shape index (κ2) is 6.07. The van der Waals surface area contributed by atoms with Crippen LogP contribution in [-0.4, -0.2) is 19.2 Å². The maximum Gasteiger partial charge on any atom is 0.149 e. The van der Waals surface area contributed by atoms with E-state index in [1.54, 1.807) is 25.3 Å². The number of hydrogen-bond donors (Lipinski definition) is 2. The maximum absolute atomic E-state index is 6.08. The van der Waals surface area contributed by atoms with Crippen LogP contribution in [0.2, 0.25) is 10.0 Å². The second-order valence-corrected chi connectivity index (χ2v) is 4.73. The standard InChI is InChI=1S/C13H13Cl2N3O2/c1-19-11-5-10(12(20-2)4-8(11)14)18-13-9(15)3-7(16)6-17-13/h3-6H,16H2,1-2H3,(H,17,18). The number of anilines is 3. The van der Waals surface area contributed by atoms with Gasteiger partial charge in [0.05, 0.1) is 41.8 Å². The summed E-state index contributed by atoms with van der Waals surface area (Å²) in [7, 11) is 3.08. The topological polar surface area (TPSA) is 69.4 Å². The number of pyridine rings is 1. The van der Waals surface area contributed by atoms with Crippen LogP contribution < -0.4 is 20.5 Å². The summed E-state index contributed by atoms with van der Waals surface area (Å²) in [6.07, 6.45) is 1.51. The van der Waals surface area contributed by atoms with Crippen molar-refractivity contribution in [2.45, 2.75) is 0 Å². The number of nitrogens with zero attached hydrogens (tertiary/aromatic N) is 1. The number of ether oxygens (including phenoxy) is 2. The Morgan fingerprint density at radius 3 is 2.35 bits per heavy atom. The summed E-state index contributed by atoms with van der Waals surface area (Å²) >= 11 is 12.1. The van der Waals surface area contributed by atoms with E-state index in [0.29, 0.717) is 38.7 Å². The highest BCUT2D eigenvalue weighted by Gasteiger charge is 2.12. The Balaban J connectivity index is 2.41. The molecule has 5 nitrogen and oxygen atoms in total. The van der Waals surface area contributed by atoms with Gasteiger partial charge in [0.2, 0.25) is 0 Å². The Morgan fingerprint density at radius 1 is 1.05 bits per heavy atom. The number of nitrogens with one attached hydrogen (secondary N) is 1. The third-order valence-electron chi connectivity index (χ3n) is 2.59. The molecule has 1 aromatic carbocycles. The van der Waals surface area contributed by atoms with Gasteiger partial charge in [-0.3, -0.25) is 0 Å². The van der Waals surface area contributed by atoms with Gasteiger partial charge in [0.25, 0.3) is 0 Å². The lowest BCUT2D eigenvalue weighted by Crippen LogP contribution is -1.99. The Labute approximate surface area is 126 Å². The number of halogens is 2. The Hall–Kier alpha value is -1.85. The van der Waals surface area contributed by atoms with Gasteiger partial charge in [-0.05, 0) is 6.07 Å². The molecule has 0 aliphatic carbocycles. The number of methoxy groups -OCH3 is 2. The molecule has 0 bridgehead atoms. The molecule has 106 valence electrons. The lowest BCUT2D eigenvalue weighted by molar-refractivity contribution is 0.405. The van der Waals surface area contributed by atoms with Crippen LogP contribution in [-0.2, 0) is 0 Å². The third-order valence-corrected chi connectivity index (χ3v) is 3.17. The van der Waals surface area contributed by atoms with Crippen molar-refractivity contribution in [2.75, 3.05) is 25.3 Å². The fourth-order valence-electron chi connectivity index (χ4n) is 1.63. The first-order chi connectivity index (χ1) is 9.55. The summed E-state index contributed by atoms with van der Waals surface area (Å²) in [5.41, 5.74) is 6.73. The maximum atomic E-state index is 6.08. The molecule has 0 atom stereocenters. The normalized spacial score (nSPS) is 10.2. The molecular formula is C13H13Cl2N3O2. The predicted molar refractivity (Wildman–Crippen MR) is 81.5 cm³/mol. The van der Waals surface area contributed by atoms with E-state index in [0.717, 1.165) is 0 Å². The molecule has 0 saturated heterocycles. The average Bonchev–Trinajstić information content (AvgIpc) is 2.43. The molecular weight excluding hydrogens is 301 g/mol. The number of rotatable bonds is 4. The van der Waals surface area contributed by atoms with E-state index in [1.807, 2.05) is 0 Å². The van der Waals surface area contributed by atoms with E-state index >= 15 is 0 Å². The molecule has 0 saturated carbocycles. The summed E-state index contributed by atoms with van der Waals surface area (Å²) in [5.74, 6) is 1.52. The molecule has 0 fully saturated rings. The van der Waals surface area contributed by atoms with Gasteiger partial charge in [-0.1, -0.05) is 23.2 Å². The van der Waals surface area contributed by atoms with Crippen LogP contribution in [0.25, 0.3) is 0 Å². The first kappa shape index (κ1) is 14.6. The van der Waals surface area contributed by atoms with Crippen molar-refractivity contribution in [3.63, 3.8) is 0 Å². The highest BCUT2D eigenvalue weighted by Crippen LogP contribution is 2.38. The van der Waals surface area contributed by atoms with Gasteiger partial charge in [-0.25, -0.2) is 4.98 Å². The molecule has 0 radical (unpaired) electrons. The van der Waals surface area contributed by atoms with Crippen LogP contribution in [0.1, 0.15) is 0 Å². The second-order valence-electron chi connectivity index (χ2n) is 3.91. The van der Waals surface area contributed by atoms with Gasteiger partial charge >= 0.3 is 0 Å². The Morgan fingerprint density at radius 2 is 1.75 bits per heavy atom. The molecule has 20 heavy (non-hydrogen) atoms. The van der Waals surface area contributed by atoms with Crippen LogP contribution in [0.3, 0.4) is 0 Å². The SMILES string of the molecule is COc1cc(Nc2ncc(N)cc2Cl)c(OC)cc1Cl. The van der Waals surface area contributed by atoms with Crippen LogP contribution in [0, 0.1) is 0 Å². The van der Waals surface area contributed by atoms with Gasteiger partial charge in [-0.2, -0.15) is 0 Å². The van der Waals surface area contributed by atoms with Gasteiger partial charge in [0, 0.05) is 12.1 Å². The largest absolute Gasteiger partial charge is 0.495 e. The molecule has 1 heterocycles.